The number of rotatable bonds is 26. The fourth-order valence-electron chi connectivity index (χ4n) is 11.3. The molecule has 8 rings (SSSR count). The van der Waals surface area contributed by atoms with Crippen molar-refractivity contribution < 1.29 is 47.7 Å². The van der Waals surface area contributed by atoms with E-state index in [9.17, 15) is 28.8 Å². The average molecular weight is 922 g/mol. The lowest BCUT2D eigenvalue weighted by atomic mass is 9.58. The maximum atomic E-state index is 13.2. The summed E-state index contributed by atoms with van der Waals surface area (Å²) in [6.45, 7) is 4.55. The highest BCUT2D eigenvalue weighted by Gasteiger charge is 2.70. The predicted octanol–water partition coefficient (Wildman–Crippen LogP) is 5.68. The van der Waals surface area contributed by atoms with Crippen LogP contribution in [0.2, 0.25) is 0 Å². The van der Waals surface area contributed by atoms with E-state index >= 15 is 0 Å². The third-order valence-corrected chi connectivity index (χ3v) is 14.7. The van der Waals surface area contributed by atoms with Crippen LogP contribution in [0.3, 0.4) is 0 Å². The molecular formula is C52H67N5O10. The first-order valence-electron chi connectivity index (χ1n) is 24.5. The van der Waals surface area contributed by atoms with Crippen LogP contribution < -0.4 is 20.9 Å². The van der Waals surface area contributed by atoms with Crippen molar-refractivity contribution in [2.45, 2.75) is 107 Å². The second-order valence-electron chi connectivity index (χ2n) is 18.8. The molecule has 15 heteroatoms. The van der Waals surface area contributed by atoms with Gasteiger partial charge in [-0.25, -0.2) is 0 Å². The summed E-state index contributed by atoms with van der Waals surface area (Å²) in [5.74, 6) is 0.467. The number of ketones is 1. The number of allylic oxidation sites excluding steroid dienone is 4. The summed E-state index contributed by atoms with van der Waals surface area (Å²) >= 11 is 0. The summed E-state index contributed by atoms with van der Waals surface area (Å²) in [6.07, 6.45) is 12.7. The molecule has 2 saturated carbocycles. The Labute approximate surface area is 393 Å². The highest BCUT2D eigenvalue weighted by Crippen LogP contribution is 2.68. The first-order valence-corrected chi connectivity index (χ1v) is 24.5. The van der Waals surface area contributed by atoms with Crippen molar-refractivity contribution in [1.29, 1.82) is 0 Å². The molecule has 2 aliphatic heterocycles. The number of hydrogen-bond donors (Lipinski definition) is 3. The summed E-state index contributed by atoms with van der Waals surface area (Å²) in [7, 11) is 3.57. The molecule has 67 heavy (non-hydrogen) atoms. The number of aldehydes is 1. The Morgan fingerprint density at radius 2 is 1.61 bits per heavy atom. The Bertz CT molecular complexity index is 2220. The number of ether oxygens (including phenoxy) is 4. The number of benzene rings is 2. The Balaban J connectivity index is 0.643. The Hall–Kier alpha value is -5.22. The zero-order valence-electron chi connectivity index (χ0n) is 39.1. The van der Waals surface area contributed by atoms with E-state index in [1.165, 1.54) is 36.6 Å². The lowest BCUT2D eigenvalue weighted by molar-refractivity contribution is -0.122. The second kappa shape index (κ2) is 22.3. The smallest absolute Gasteiger partial charge is 0.264 e. The van der Waals surface area contributed by atoms with Gasteiger partial charge in [-0.15, -0.1) is 0 Å². The predicted molar refractivity (Wildman–Crippen MR) is 252 cm³/mol. The molecule has 2 aromatic carbocycles. The molecule has 0 radical (unpaired) electrons. The van der Waals surface area contributed by atoms with Gasteiger partial charge in [0.25, 0.3) is 11.8 Å². The van der Waals surface area contributed by atoms with Crippen LogP contribution in [0, 0.1) is 11.8 Å². The van der Waals surface area contributed by atoms with Gasteiger partial charge in [-0.1, -0.05) is 23.8 Å². The van der Waals surface area contributed by atoms with Crippen LogP contribution in [0.1, 0.15) is 116 Å². The van der Waals surface area contributed by atoms with Gasteiger partial charge in [0.2, 0.25) is 11.8 Å². The van der Waals surface area contributed by atoms with E-state index in [1.807, 2.05) is 6.08 Å². The van der Waals surface area contributed by atoms with Gasteiger partial charge < -0.3 is 44.6 Å². The van der Waals surface area contributed by atoms with Gasteiger partial charge in [0.15, 0.2) is 5.78 Å². The number of epoxide rings is 1. The number of nitrogens with zero attached hydrogens (tertiary/aromatic N) is 2. The molecule has 4 aliphatic carbocycles. The molecule has 5 unspecified atom stereocenters. The van der Waals surface area contributed by atoms with E-state index in [2.05, 4.69) is 52.2 Å². The number of nitrogens with one attached hydrogen (secondary N) is 3. The largest absolute Gasteiger partial charge is 0.384 e. The lowest BCUT2D eigenvalue weighted by Gasteiger charge is -2.46. The standard InChI is InChI=1S/C52H67N5O10/c1-53-46(60)21-15-37(33-58)57-50(62)41-7-3-8-44(49(41)51(57)63)54-22-5-25-64-27-29-66-30-28-65-26-6-23-55-47(61)9-4-24-56(2)36-13-10-34(11-14-36)42-32-52-43(19-20-45(52)67-52)40-17-12-35-31-38(59)16-18-39(35)48(40)42/h3,7-8,10-11,13-14,31,33,37,40,42-43,45,54H,4-6,9,12,15-30,32H2,1-2H3,(H,53,60)(H,55,61)/t37?,40?,42?,43?,45?,52-/m1/s1. The topological polar surface area (TPSA) is 185 Å². The molecule has 1 spiro atoms. The Morgan fingerprint density at radius 1 is 0.866 bits per heavy atom. The maximum Gasteiger partial charge on any atom is 0.264 e. The second-order valence-corrected chi connectivity index (χ2v) is 18.8. The number of fused-ring (bicyclic) bond motifs is 4. The van der Waals surface area contributed by atoms with Gasteiger partial charge in [0.1, 0.15) is 6.29 Å². The number of carbonyl (C=O) groups is 6. The van der Waals surface area contributed by atoms with Crippen molar-refractivity contribution in [3.8, 4) is 0 Å². The first-order chi connectivity index (χ1) is 32.6. The minimum atomic E-state index is -1.02. The number of imide groups is 1. The third kappa shape index (κ3) is 10.9. The fourth-order valence-corrected chi connectivity index (χ4v) is 11.3. The van der Waals surface area contributed by atoms with Crippen LogP contribution in [0.4, 0.5) is 11.4 Å². The van der Waals surface area contributed by atoms with Crippen molar-refractivity contribution in [2.75, 3.05) is 83.6 Å². The van der Waals surface area contributed by atoms with Crippen LogP contribution in [-0.4, -0.2) is 132 Å². The highest BCUT2D eigenvalue weighted by molar-refractivity contribution is 6.24. The van der Waals surface area contributed by atoms with Crippen molar-refractivity contribution in [3.63, 3.8) is 0 Å². The van der Waals surface area contributed by atoms with Crippen molar-refractivity contribution >= 4 is 47.1 Å². The van der Waals surface area contributed by atoms with E-state index in [-0.39, 0.29) is 47.2 Å². The zero-order chi connectivity index (χ0) is 46.9. The third-order valence-electron chi connectivity index (χ3n) is 14.7. The summed E-state index contributed by atoms with van der Waals surface area (Å²) in [4.78, 5) is 77.8. The Kier molecular flexibility index (Phi) is 16.0. The van der Waals surface area contributed by atoms with Crippen molar-refractivity contribution in [2.24, 2.45) is 11.8 Å². The van der Waals surface area contributed by atoms with Gasteiger partial charge in [0.05, 0.1) is 55.3 Å². The minimum Gasteiger partial charge on any atom is -0.384 e. The van der Waals surface area contributed by atoms with Crippen molar-refractivity contribution in [3.05, 3.63) is 82.0 Å². The first kappa shape index (κ1) is 48.2. The van der Waals surface area contributed by atoms with E-state index in [0.29, 0.717) is 114 Å². The van der Waals surface area contributed by atoms with E-state index in [1.54, 1.807) is 23.8 Å². The summed E-state index contributed by atoms with van der Waals surface area (Å²) in [6, 6.07) is 13.0. The molecule has 3 N–H and O–H groups in total. The van der Waals surface area contributed by atoms with Crippen LogP contribution in [-0.2, 0) is 38.1 Å². The summed E-state index contributed by atoms with van der Waals surface area (Å²) in [5, 5.41) is 8.70. The minimum absolute atomic E-state index is 0.0174. The van der Waals surface area contributed by atoms with Gasteiger partial charge in [-0.05, 0) is 123 Å². The monoisotopic (exact) mass is 921 g/mol. The normalized spacial score (nSPS) is 23.9. The quantitative estimate of drug-likeness (QED) is 0.0455. The van der Waals surface area contributed by atoms with Gasteiger partial charge >= 0.3 is 0 Å². The molecule has 1 saturated heterocycles. The van der Waals surface area contributed by atoms with Gasteiger partial charge in [0, 0.05) is 83.5 Å². The molecule has 6 atom stereocenters. The highest BCUT2D eigenvalue weighted by atomic mass is 16.6. The van der Waals surface area contributed by atoms with Crippen LogP contribution in [0.15, 0.2) is 65.3 Å². The average Bonchev–Trinajstić information content (AvgIpc) is 3.80. The zero-order valence-corrected chi connectivity index (χ0v) is 39.1. The molecule has 15 nitrogen and oxygen atoms in total. The molecule has 360 valence electrons. The summed E-state index contributed by atoms with van der Waals surface area (Å²) in [5.41, 5.74) is 7.90. The maximum absolute atomic E-state index is 13.2. The molecule has 0 bridgehead atoms. The summed E-state index contributed by atoms with van der Waals surface area (Å²) < 4.78 is 23.4. The van der Waals surface area contributed by atoms with Crippen LogP contribution in [0.5, 0.6) is 0 Å². The van der Waals surface area contributed by atoms with E-state index in [4.69, 9.17) is 18.9 Å². The number of anilines is 2. The van der Waals surface area contributed by atoms with Crippen LogP contribution >= 0.6 is 0 Å². The van der Waals surface area contributed by atoms with Gasteiger partial charge in [-0.3, -0.25) is 28.9 Å². The molecule has 6 aliphatic rings. The van der Waals surface area contributed by atoms with E-state index < -0.39 is 17.9 Å². The van der Waals surface area contributed by atoms with Gasteiger partial charge in [-0.2, -0.15) is 0 Å². The van der Waals surface area contributed by atoms with Crippen molar-refractivity contribution in [1.82, 2.24) is 15.5 Å². The van der Waals surface area contributed by atoms with Crippen LogP contribution in [0.25, 0.3) is 0 Å². The number of hydrogen-bond acceptors (Lipinski definition) is 12. The molecular weight excluding hydrogens is 855 g/mol. The number of amides is 4. The lowest BCUT2D eigenvalue weighted by Crippen LogP contribution is -2.41. The molecule has 2 heterocycles. The molecule has 2 aromatic rings. The molecule has 0 aromatic heterocycles. The fraction of sp³-hybridized carbons (Fsp3) is 0.577. The SMILES string of the molecule is CNC(=O)CCC(C=O)N1C(=O)c2cccc(NCCCOCCOCCOCCCNC(=O)CCCN(C)c3ccc(C4C[C@]56OC5CCC6C5CCC6=CC(=O)CCC6=C45)cc3)c2C1=O. The molecule has 4 amide bonds. The van der Waals surface area contributed by atoms with E-state index in [0.717, 1.165) is 49.2 Å². The molecule has 3 fully saturated rings. The number of carbonyl (C=O) groups excluding carboxylic acids is 6. The Morgan fingerprint density at radius 3 is 2.34 bits per heavy atom.